The number of nitrogens with one attached hydrogen (secondary N) is 2. The van der Waals surface area contributed by atoms with Crippen molar-refractivity contribution < 1.29 is 14.3 Å². The molecule has 0 atom stereocenters. The molecule has 6 nitrogen and oxygen atoms in total. The summed E-state index contributed by atoms with van der Waals surface area (Å²) in [7, 11) is 3.24. The van der Waals surface area contributed by atoms with E-state index in [1.165, 1.54) is 4.90 Å². The van der Waals surface area contributed by atoms with Crippen LogP contribution in [0.1, 0.15) is 12.8 Å². The maximum Gasteiger partial charge on any atom is 0.239 e. The minimum atomic E-state index is -0.0907. The van der Waals surface area contributed by atoms with Crippen LogP contribution in [-0.4, -0.2) is 63.2 Å². The predicted octanol–water partition coefficient (Wildman–Crippen LogP) is -1.04. The maximum absolute atomic E-state index is 11.6. The topological polar surface area (TPSA) is 70.7 Å². The SMILES string of the molecule is COCCNCC(=O)N(C)CC(=O)NC1CC1. The van der Waals surface area contributed by atoms with Crippen molar-refractivity contribution in [2.45, 2.75) is 18.9 Å². The Kier molecular flexibility index (Phi) is 5.93. The fourth-order valence-electron chi connectivity index (χ4n) is 1.31. The summed E-state index contributed by atoms with van der Waals surface area (Å²) in [5, 5.41) is 5.79. The quantitative estimate of drug-likeness (QED) is 0.534. The van der Waals surface area contributed by atoms with Crippen LogP contribution in [0.2, 0.25) is 0 Å². The highest BCUT2D eigenvalue weighted by Gasteiger charge is 2.24. The van der Waals surface area contributed by atoms with Gasteiger partial charge in [0.25, 0.3) is 0 Å². The van der Waals surface area contributed by atoms with Crippen LogP contribution in [0.25, 0.3) is 0 Å². The van der Waals surface area contributed by atoms with Crippen LogP contribution in [-0.2, 0) is 14.3 Å². The standard InChI is InChI=1S/C11H21N3O3/c1-14(8-10(15)13-9-3-4-9)11(16)7-12-5-6-17-2/h9,12H,3-8H2,1-2H3,(H,13,15). The molecule has 0 heterocycles. The molecule has 0 aliphatic heterocycles. The van der Waals surface area contributed by atoms with E-state index in [2.05, 4.69) is 10.6 Å². The zero-order valence-electron chi connectivity index (χ0n) is 10.5. The van der Waals surface area contributed by atoms with Crippen LogP contribution < -0.4 is 10.6 Å². The van der Waals surface area contributed by atoms with E-state index in [0.717, 1.165) is 12.8 Å². The van der Waals surface area contributed by atoms with Crippen molar-refractivity contribution in [2.24, 2.45) is 0 Å². The zero-order chi connectivity index (χ0) is 12.7. The highest BCUT2D eigenvalue weighted by atomic mass is 16.5. The van der Waals surface area contributed by atoms with Crippen LogP contribution in [0, 0.1) is 0 Å². The van der Waals surface area contributed by atoms with Crippen molar-refractivity contribution in [3.8, 4) is 0 Å². The van der Waals surface area contributed by atoms with Crippen LogP contribution in [0.4, 0.5) is 0 Å². The lowest BCUT2D eigenvalue weighted by Gasteiger charge is -2.17. The molecule has 0 aromatic heterocycles. The normalized spacial score (nSPS) is 14.5. The summed E-state index contributed by atoms with van der Waals surface area (Å²) in [6, 6.07) is 0.339. The van der Waals surface area contributed by atoms with Gasteiger partial charge in [-0.05, 0) is 12.8 Å². The molecule has 98 valence electrons. The Hall–Kier alpha value is -1.14. The van der Waals surface area contributed by atoms with Crippen molar-refractivity contribution in [3.63, 3.8) is 0 Å². The molecule has 6 heteroatoms. The summed E-state index contributed by atoms with van der Waals surface area (Å²) in [6.07, 6.45) is 2.12. The first kappa shape index (κ1) is 13.9. The van der Waals surface area contributed by atoms with Gasteiger partial charge in [-0.15, -0.1) is 0 Å². The van der Waals surface area contributed by atoms with Crippen molar-refractivity contribution in [1.29, 1.82) is 0 Å². The van der Waals surface area contributed by atoms with E-state index in [1.807, 2.05) is 0 Å². The van der Waals surface area contributed by atoms with Gasteiger partial charge in [0.05, 0.1) is 19.7 Å². The van der Waals surface area contributed by atoms with Gasteiger partial charge in [-0.25, -0.2) is 0 Å². The summed E-state index contributed by atoms with van der Waals surface area (Å²) < 4.78 is 4.85. The van der Waals surface area contributed by atoms with Crippen LogP contribution in [0.3, 0.4) is 0 Å². The second kappa shape index (κ2) is 7.24. The average molecular weight is 243 g/mol. The number of likely N-dealkylation sites (N-methyl/N-ethyl adjacent to an activating group) is 1. The molecule has 0 radical (unpaired) electrons. The fourth-order valence-corrected chi connectivity index (χ4v) is 1.31. The first-order valence-corrected chi connectivity index (χ1v) is 5.86. The third-order valence-corrected chi connectivity index (χ3v) is 2.51. The number of hydrogen-bond acceptors (Lipinski definition) is 4. The molecule has 1 aliphatic rings. The summed E-state index contributed by atoms with van der Waals surface area (Å²) in [5.41, 5.74) is 0. The Labute approximate surface area is 102 Å². The van der Waals surface area contributed by atoms with Gasteiger partial charge in [0.2, 0.25) is 11.8 Å². The molecule has 0 aromatic rings. The van der Waals surface area contributed by atoms with E-state index >= 15 is 0 Å². The van der Waals surface area contributed by atoms with Gasteiger partial charge in [-0.1, -0.05) is 0 Å². The number of nitrogens with zero attached hydrogens (tertiary/aromatic N) is 1. The summed E-state index contributed by atoms with van der Waals surface area (Å²) >= 11 is 0. The summed E-state index contributed by atoms with van der Waals surface area (Å²) in [6.45, 7) is 1.56. The lowest BCUT2D eigenvalue weighted by atomic mass is 10.4. The largest absolute Gasteiger partial charge is 0.383 e. The van der Waals surface area contributed by atoms with Gasteiger partial charge in [0.1, 0.15) is 0 Å². The minimum Gasteiger partial charge on any atom is -0.383 e. The molecule has 1 saturated carbocycles. The van der Waals surface area contributed by atoms with Crippen LogP contribution in [0.5, 0.6) is 0 Å². The Bertz CT molecular complexity index is 267. The van der Waals surface area contributed by atoms with Gasteiger partial charge < -0.3 is 20.3 Å². The Morgan fingerprint density at radius 1 is 1.41 bits per heavy atom. The Balaban J connectivity index is 2.09. The molecule has 0 spiro atoms. The number of carbonyl (C=O) groups is 2. The van der Waals surface area contributed by atoms with E-state index in [4.69, 9.17) is 4.74 Å². The molecule has 1 aliphatic carbocycles. The zero-order valence-corrected chi connectivity index (χ0v) is 10.5. The lowest BCUT2D eigenvalue weighted by Crippen LogP contribution is -2.42. The molecule has 0 saturated heterocycles. The number of rotatable bonds is 8. The molecule has 2 amide bonds. The maximum atomic E-state index is 11.6. The molecular weight excluding hydrogens is 222 g/mol. The van der Waals surface area contributed by atoms with Gasteiger partial charge >= 0.3 is 0 Å². The highest BCUT2D eigenvalue weighted by Crippen LogP contribution is 2.18. The van der Waals surface area contributed by atoms with E-state index in [9.17, 15) is 9.59 Å². The summed E-state index contributed by atoms with van der Waals surface area (Å²) in [5.74, 6) is -0.174. The molecule has 1 fully saturated rings. The fraction of sp³-hybridized carbons (Fsp3) is 0.818. The highest BCUT2D eigenvalue weighted by molar-refractivity contribution is 5.85. The molecule has 0 unspecified atom stereocenters. The summed E-state index contributed by atoms with van der Waals surface area (Å²) in [4.78, 5) is 24.5. The first-order chi connectivity index (χ1) is 8.13. The molecular formula is C11H21N3O3. The molecule has 0 aromatic carbocycles. The predicted molar refractivity (Wildman–Crippen MR) is 63.5 cm³/mol. The van der Waals surface area contributed by atoms with Crippen molar-refractivity contribution >= 4 is 11.8 Å². The third-order valence-electron chi connectivity index (χ3n) is 2.51. The number of amides is 2. The van der Waals surface area contributed by atoms with Gasteiger partial charge in [0, 0.05) is 26.7 Å². The first-order valence-electron chi connectivity index (χ1n) is 5.86. The lowest BCUT2D eigenvalue weighted by molar-refractivity contribution is -0.134. The molecule has 1 rings (SSSR count). The van der Waals surface area contributed by atoms with Crippen LogP contribution >= 0.6 is 0 Å². The van der Waals surface area contributed by atoms with E-state index in [1.54, 1.807) is 14.2 Å². The molecule has 2 N–H and O–H groups in total. The average Bonchev–Trinajstić information content (AvgIpc) is 3.07. The van der Waals surface area contributed by atoms with E-state index < -0.39 is 0 Å². The number of hydrogen-bond donors (Lipinski definition) is 2. The van der Waals surface area contributed by atoms with E-state index in [0.29, 0.717) is 19.2 Å². The third kappa shape index (κ3) is 6.23. The second-order valence-corrected chi connectivity index (χ2v) is 4.26. The van der Waals surface area contributed by atoms with Crippen LogP contribution in [0.15, 0.2) is 0 Å². The van der Waals surface area contributed by atoms with Gasteiger partial charge in [-0.2, -0.15) is 0 Å². The van der Waals surface area contributed by atoms with Gasteiger partial charge in [0.15, 0.2) is 0 Å². The van der Waals surface area contributed by atoms with Crippen molar-refractivity contribution in [3.05, 3.63) is 0 Å². The van der Waals surface area contributed by atoms with E-state index in [-0.39, 0.29) is 24.9 Å². The molecule has 0 bridgehead atoms. The number of carbonyl (C=O) groups excluding carboxylic acids is 2. The Morgan fingerprint density at radius 3 is 2.71 bits per heavy atom. The number of methoxy groups -OCH3 is 1. The Morgan fingerprint density at radius 2 is 2.12 bits per heavy atom. The van der Waals surface area contributed by atoms with Gasteiger partial charge in [-0.3, -0.25) is 9.59 Å². The minimum absolute atomic E-state index is 0.0831. The van der Waals surface area contributed by atoms with Crippen molar-refractivity contribution in [2.75, 3.05) is 40.4 Å². The number of ether oxygens (including phenoxy) is 1. The smallest absolute Gasteiger partial charge is 0.239 e. The molecule has 17 heavy (non-hydrogen) atoms. The monoisotopic (exact) mass is 243 g/mol. The second-order valence-electron chi connectivity index (χ2n) is 4.26. The van der Waals surface area contributed by atoms with Crippen molar-refractivity contribution in [1.82, 2.24) is 15.5 Å².